The molecule has 1 heterocycles. The van der Waals surface area contributed by atoms with Crippen molar-refractivity contribution in [3.8, 4) is 0 Å². The van der Waals surface area contributed by atoms with Crippen molar-refractivity contribution in [2.24, 2.45) is 11.7 Å². The van der Waals surface area contributed by atoms with Crippen LogP contribution in [0.1, 0.15) is 27.2 Å². The molecule has 0 bridgehead atoms. The van der Waals surface area contributed by atoms with Gasteiger partial charge in [0.2, 0.25) is 5.91 Å². The molecule has 1 rings (SSSR count). The van der Waals surface area contributed by atoms with Gasteiger partial charge in [0.15, 0.2) is 0 Å². The van der Waals surface area contributed by atoms with Crippen molar-refractivity contribution in [3.05, 3.63) is 0 Å². The summed E-state index contributed by atoms with van der Waals surface area (Å²) in [7, 11) is 0. The first-order valence-electron chi connectivity index (χ1n) is 7.50. The number of rotatable bonds is 7. The largest absolute Gasteiger partial charge is 0.355 e. The molecule has 112 valence electrons. The van der Waals surface area contributed by atoms with Crippen LogP contribution in [0.5, 0.6) is 0 Å². The van der Waals surface area contributed by atoms with Crippen LogP contribution in [-0.4, -0.2) is 67.6 Å². The molecule has 1 aliphatic heterocycles. The number of carbonyl (C=O) groups excluding carboxylic acids is 1. The predicted octanol–water partition coefficient (Wildman–Crippen LogP) is 0.114. The zero-order valence-corrected chi connectivity index (χ0v) is 12.7. The number of nitrogens with two attached hydrogens (primary N) is 1. The lowest BCUT2D eigenvalue weighted by Crippen LogP contribution is -2.53. The average molecular weight is 270 g/mol. The second kappa shape index (κ2) is 8.51. The highest BCUT2D eigenvalue weighted by Gasteiger charge is 2.22. The van der Waals surface area contributed by atoms with E-state index < -0.39 is 0 Å². The van der Waals surface area contributed by atoms with E-state index in [1.807, 2.05) is 0 Å². The zero-order chi connectivity index (χ0) is 14.3. The first-order chi connectivity index (χ1) is 9.06. The number of piperazine rings is 1. The molecule has 5 heteroatoms. The summed E-state index contributed by atoms with van der Waals surface area (Å²) in [6.07, 6.45) is 1.10. The number of hydrogen-bond donors (Lipinski definition) is 2. The van der Waals surface area contributed by atoms with Crippen molar-refractivity contribution < 1.29 is 4.79 Å². The minimum Gasteiger partial charge on any atom is -0.355 e. The molecule has 1 atom stereocenters. The van der Waals surface area contributed by atoms with Crippen LogP contribution in [0.25, 0.3) is 0 Å². The zero-order valence-electron chi connectivity index (χ0n) is 12.7. The van der Waals surface area contributed by atoms with E-state index in [4.69, 9.17) is 5.73 Å². The fourth-order valence-electron chi connectivity index (χ4n) is 2.44. The summed E-state index contributed by atoms with van der Waals surface area (Å²) in [6, 6.07) is 0.497. The molecular weight excluding hydrogens is 240 g/mol. The maximum absolute atomic E-state index is 11.8. The molecule has 5 nitrogen and oxygen atoms in total. The van der Waals surface area contributed by atoms with Gasteiger partial charge in [0.1, 0.15) is 0 Å². The lowest BCUT2D eigenvalue weighted by atomic mass is 10.1. The van der Waals surface area contributed by atoms with Crippen LogP contribution in [0.3, 0.4) is 0 Å². The molecule has 3 N–H and O–H groups in total. The Labute approximate surface area is 117 Å². The summed E-state index contributed by atoms with van der Waals surface area (Å²) in [5, 5.41) is 2.97. The molecule has 1 fully saturated rings. The minimum absolute atomic E-state index is 0.146. The molecule has 1 amide bonds. The van der Waals surface area contributed by atoms with Gasteiger partial charge in [-0.25, -0.2) is 0 Å². The van der Waals surface area contributed by atoms with Gasteiger partial charge in [0.25, 0.3) is 0 Å². The van der Waals surface area contributed by atoms with Gasteiger partial charge in [-0.3, -0.25) is 14.6 Å². The van der Waals surface area contributed by atoms with Crippen LogP contribution in [0.4, 0.5) is 0 Å². The Morgan fingerprint density at radius 2 is 1.89 bits per heavy atom. The summed E-state index contributed by atoms with van der Waals surface area (Å²) in [5.74, 6) is 0.656. The van der Waals surface area contributed by atoms with Crippen LogP contribution in [0.2, 0.25) is 0 Å². The molecule has 0 aromatic rings. The third-order valence-electron chi connectivity index (χ3n) is 3.74. The summed E-state index contributed by atoms with van der Waals surface area (Å²) >= 11 is 0. The summed E-state index contributed by atoms with van der Waals surface area (Å²) in [6.45, 7) is 12.4. The van der Waals surface area contributed by atoms with Gasteiger partial charge in [-0.2, -0.15) is 0 Å². The number of nitrogens with one attached hydrogen (secondary N) is 1. The first-order valence-corrected chi connectivity index (χ1v) is 7.50. The van der Waals surface area contributed by atoms with Gasteiger partial charge in [0.05, 0.1) is 6.54 Å². The van der Waals surface area contributed by atoms with E-state index in [1.54, 1.807) is 0 Å². The minimum atomic E-state index is 0.146. The Bertz CT molecular complexity index is 258. The molecule has 0 aliphatic carbocycles. The molecular formula is C14H30N4O. The normalized spacial score (nSPS) is 19.6. The highest BCUT2D eigenvalue weighted by molar-refractivity contribution is 5.78. The second-order valence-electron chi connectivity index (χ2n) is 5.81. The topological polar surface area (TPSA) is 61.6 Å². The van der Waals surface area contributed by atoms with Crippen LogP contribution >= 0.6 is 0 Å². The van der Waals surface area contributed by atoms with Crippen molar-refractivity contribution in [2.45, 2.75) is 33.2 Å². The van der Waals surface area contributed by atoms with Crippen LogP contribution < -0.4 is 11.1 Å². The molecule has 0 aromatic carbocycles. The number of nitrogens with zero attached hydrogens (tertiary/aromatic N) is 2. The smallest absolute Gasteiger partial charge is 0.234 e. The van der Waals surface area contributed by atoms with Crippen LogP contribution in [0, 0.1) is 5.92 Å². The lowest BCUT2D eigenvalue weighted by molar-refractivity contribution is -0.122. The highest BCUT2D eigenvalue weighted by Crippen LogP contribution is 2.08. The molecule has 1 unspecified atom stereocenters. The van der Waals surface area contributed by atoms with Gasteiger partial charge in [-0.15, -0.1) is 0 Å². The lowest BCUT2D eigenvalue weighted by Gasteiger charge is -2.38. The molecule has 0 spiro atoms. The predicted molar refractivity (Wildman–Crippen MR) is 79.0 cm³/mol. The van der Waals surface area contributed by atoms with Crippen molar-refractivity contribution in [2.75, 3.05) is 45.8 Å². The Morgan fingerprint density at radius 3 is 2.37 bits per heavy atom. The first kappa shape index (κ1) is 16.4. The van der Waals surface area contributed by atoms with E-state index in [-0.39, 0.29) is 5.91 Å². The Morgan fingerprint density at radius 1 is 1.26 bits per heavy atom. The van der Waals surface area contributed by atoms with Crippen molar-refractivity contribution >= 4 is 5.91 Å². The molecule has 0 radical (unpaired) electrons. The summed E-state index contributed by atoms with van der Waals surface area (Å²) in [4.78, 5) is 16.4. The van der Waals surface area contributed by atoms with Crippen molar-refractivity contribution in [1.82, 2.24) is 15.1 Å². The van der Waals surface area contributed by atoms with Crippen LogP contribution in [0.15, 0.2) is 0 Å². The molecule has 1 saturated heterocycles. The van der Waals surface area contributed by atoms with E-state index >= 15 is 0 Å². The maximum Gasteiger partial charge on any atom is 0.234 e. The van der Waals surface area contributed by atoms with E-state index in [0.717, 1.165) is 45.7 Å². The second-order valence-corrected chi connectivity index (χ2v) is 5.81. The highest BCUT2D eigenvalue weighted by atomic mass is 16.2. The van der Waals surface area contributed by atoms with E-state index in [0.29, 0.717) is 18.5 Å². The van der Waals surface area contributed by atoms with Gasteiger partial charge < -0.3 is 11.1 Å². The monoisotopic (exact) mass is 270 g/mol. The fraction of sp³-hybridized carbons (Fsp3) is 0.929. The maximum atomic E-state index is 11.8. The standard InChI is InChI=1S/C14H30N4O/c1-4-13(9-15)18-7-5-17(6-8-18)11-14(19)16-10-12(2)3/h12-13H,4-11,15H2,1-3H3,(H,16,19). The fourth-order valence-corrected chi connectivity index (χ4v) is 2.44. The van der Waals surface area contributed by atoms with Crippen LogP contribution in [-0.2, 0) is 4.79 Å². The van der Waals surface area contributed by atoms with Gasteiger partial charge >= 0.3 is 0 Å². The third kappa shape index (κ3) is 5.89. The van der Waals surface area contributed by atoms with Gasteiger partial charge in [0, 0.05) is 45.3 Å². The quantitative estimate of drug-likeness (QED) is 0.689. The van der Waals surface area contributed by atoms with E-state index in [2.05, 4.69) is 35.9 Å². The SMILES string of the molecule is CCC(CN)N1CCN(CC(=O)NCC(C)C)CC1. The van der Waals surface area contributed by atoms with Gasteiger partial charge in [-0.1, -0.05) is 20.8 Å². The van der Waals surface area contributed by atoms with Gasteiger partial charge in [-0.05, 0) is 12.3 Å². The van der Waals surface area contributed by atoms with Crippen molar-refractivity contribution in [1.29, 1.82) is 0 Å². The molecule has 19 heavy (non-hydrogen) atoms. The molecule has 0 saturated carbocycles. The summed E-state index contributed by atoms with van der Waals surface area (Å²) < 4.78 is 0. The van der Waals surface area contributed by atoms with E-state index in [1.165, 1.54) is 0 Å². The third-order valence-corrected chi connectivity index (χ3v) is 3.74. The molecule has 0 aromatic heterocycles. The van der Waals surface area contributed by atoms with E-state index in [9.17, 15) is 4.79 Å². The Balaban J connectivity index is 2.24. The average Bonchev–Trinajstić information content (AvgIpc) is 2.40. The molecule has 1 aliphatic rings. The Kier molecular flexibility index (Phi) is 7.34. The Hall–Kier alpha value is -0.650. The van der Waals surface area contributed by atoms with Crippen molar-refractivity contribution in [3.63, 3.8) is 0 Å². The number of carbonyl (C=O) groups is 1. The summed E-state index contributed by atoms with van der Waals surface area (Å²) in [5.41, 5.74) is 5.78. The number of amides is 1. The number of hydrogen-bond acceptors (Lipinski definition) is 4.